The lowest BCUT2D eigenvalue weighted by atomic mass is 10.2. The topological polar surface area (TPSA) is 29.5 Å². The Hall–Kier alpha value is -0.0800. The molecule has 0 heterocycles. The van der Waals surface area contributed by atoms with Crippen molar-refractivity contribution in [2.24, 2.45) is 0 Å². The minimum Gasteiger partial charge on any atom is -0.396 e. The Morgan fingerprint density at radius 2 is 1.64 bits per heavy atom. The van der Waals surface area contributed by atoms with E-state index in [0.29, 0.717) is 6.61 Å². The molecular formula is C9H24O2. The van der Waals surface area contributed by atoms with E-state index in [0.717, 1.165) is 6.42 Å². The van der Waals surface area contributed by atoms with Gasteiger partial charge in [-0.15, -0.1) is 0 Å². The van der Waals surface area contributed by atoms with Crippen molar-refractivity contribution < 1.29 is 9.84 Å². The summed E-state index contributed by atoms with van der Waals surface area (Å²) in [5, 5.41) is 8.38. The number of rotatable bonds is 3. The molecule has 72 valence electrons. The normalized spacial score (nSPS) is 9.82. The second-order valence-electron chi connectivity index (χ2n) is 3.04. The van der Waals surface area contributed by atoms with E-state index in [9.17, 15) is 0 Å². The van der Waals surface area contributed by atoms with Crippen molar-refractivity contribution in [1.82, 2.24) is 0 Å². The van der Waals surface area contributed by atoms with Gasteiger partial charge in [0.1, 0.15) is 0 Å². The summed E-state index contributed by atoms with van der Waals surface area (Å²) in [6, 6.07) is 0. The summed E-state index contributed by atoms with van der Waals surface area (Å²) in [5.41, 5.74) is -0.0603. The molecule has 1 N–H and O–H groups in total. The lowest BCUT2D eigenvalue weighted by Gasteiger charge is -2.18. The highest BCUT2D eigenvalue weighted by molar-refractivity contribution is 4.57. The van der Waals surface area contributed by atoms with E-state index < -0.39 is 0 Å². The van der Waals surface area contributed by atoms with E-state index in [1.807, 2.05) is 20.8 Å². The fourth-order valence-electron chi connectivity index (χ4n) is 0.443. The smallest absolute Gasteiger partial charge is 0.0598 e. The van der Waals surface area contributed by atoms with E-state index in [2.05, 4.69) is 0 Å². The van der Waals surface area contributed by atoms with Crippen molar-refractivity contribution in [3.8, 4) is 0 Å². The van der Waals surface area contributed by atoms with Crippen LogP contribution in [0.2, 0.25) is 0 Å². The largest absolute Gasteiger partial charge is 0.396 e. The molecule has 2 nitrogen and oxygen atoms in total. The van der Waals surface area contributed by atoms with Crippen LogP contribution in [0.3, 0.4) is 0 Å². The molecule has 0 aliphatic heterocycles. The van der Waals surface area contributed by atoms with Crippen molar-refractivity contribution in [2.75, 3.05) is 13.2 Å². The fourth-order valence-corrected chi connectivity index (χ4v) is 0.443. The third kappa shape index (κ3) is 17.8. The van der Waals surface area contributed by atoms with Gasteiger partial charge in [0.15, 0.2) is 0 Å². The average molecular weight is 164 g/mol. The van der Waals surface area contributed by atoms with Crippen LogP contribution in [0.5, 0.6) is 0 Å². The van der Waals surface area contributed by atoms with Crippen LogP contribution in [0, 0.1) is 0 Å². The number of hydrogen-bond acceptors (Lipinski definition) is 2. The standard InChI is InChI=1S/C7H16O2.2CH4/c1-7(2,3)9-6-4-5-8;;/h8H,4-6H2,1-3H3;2*1H4. The molecule has 0 aliphatic carbocycles. The Bertz CT molecular complexity index is 64.5. The molecule has 0 atom stereocenters. The Balaban J connectivity index is -0.000000320. The predicted octanol–water partition coefficient (Wildman–Crippen LogP) is 2.46. The van der Waals surface area contributed by atoms with E-state index >= 15 is 0 Å². The van der Waals surface area contributed by atoms with Gasteiger partial charge in [-0.05, 0) is 27.2 Å². The molecule has 0 unspecified atom stereocenters. The SMILES string of the molecule is C.C.CC(C)(C)OCCCO. The molecule has 0 aromatic rings. The van der Waals surface area contributed by atoms with E-state index in [-0.39, 0.29) is 27.1 Å². The number of hydrogen-bond donors (Lipinski definition) is 1. The van der Waals surface area contributed by atoms with Crippen molar-refractivity contribution in [2.45, 2.75) is 47.6 Å². The van der Waals surface area contributed by atoms with Crippen molar-refractivity contribution in [1.29, 1.82) is 0 Å². The summed E-state index contributed by atoms with van der Waals surface area (Å²) in [7, 11) is 0. The Morgan fingerprint density at radius 3 is 1.91 bits per heavy atom. The molecule has 2 heteroatoms. The maximum absolute atomic E-state index is 8.38. The highest BCUT2D eigenvalue weighted by Gasteiger charge is 2.08. The first kappa shape index (κ1) is 17.1. The van der Waals surface area contributed by atoms with Crippen LogP contribution in [-0.4, -0.2) is 23.9 Å². The molecule has 0 saturated carbocycles. The summed E-state index contributed by atoms with van der Waals surface area (Å²) >= 11 is 0. The maximum atomic E-state index is 8.38. The Kier molecular flexibility index (Phi) is 12.5. The second kappa shape index (κ2) is 8.02. The molecule has 0 aromatic heterocycles. The van der Waals surface area contributed by atoms with E-state index in [1.54, 1.807) is 0 Å². The molecule has 0 fully saturated rings. The second-order valence-corrected chi connectivity index (χ2v) is 3.04. The zero-order valence-corrected chi connectivity index (χ0v) is 6.48. The first-order valence-electron chi connectivity index (χ1n) is 3.31. The fraction of sp³-hybridized carbons (Fsp3) is 1.00. The van der Waals surface area contributed by atoms with Gasteiger partial charge in [0.25, 0.3) is 0 Å². The first-order valence-corrected chi connectivity index (χ1v) is 3.31. The Labute approximate surface area is 71.6 Å². The third-order valence-electron chi connectivity index (χ3n) is 0.838. The number of ether oxygens (including phenoxy) is 1. The first-order chi connectivity index (χ1) is 4.06. The van der Waals surface area contributed by atoms with Crippen LogP contribution >= 0.6 is 0 Å². The van der Waals surface area contributed by atoms with Gasteiger partial charge in [0, 0.05) is 13.2 Å². The molecule has 0 aromatic carbocycles. The molecule has 0 amide bonds. The van der Waals surface area contributed by atoms with Crippen LogP contribution in [0.1, 0.15) is 42.0 Å². The summed E-state index contributed by atoms with van der Waals surface area (Å²) in [6.07, 6.45) is 0.733. The zero-order valence-electron chi connectivity index (χ0n) is 6.48. The molecule has 0 bridgehead atoms. The van der Waals surface area contributed by atoms with E-state index in [1.165, 1.54) is 0 Å². The van der Waals surface area contributed by atoms with Gasteiger partial charge >= 0.3 is 0 Å². The lowest BCUT2D eigenvalue weighted by molar-refractivity contribution is -0.00866. The average Bonchev–Trinajstić information content (AvgIpc) is 1.63. The van der Waals surface area contributed by atoms with Gasteiger partial charge in [0.05, 0.1) is 5.60 Å². The van der Waals surface area contributed by atoms with E-state index in [4.69, 9.17) is 9.84 Å². The summed E-state index contributed by atoms with van der Waals surface area (Å²) in [4.78, 5) is 0. The molecule has 11 heavy (non-hydrogen) atoms. The molecule has 0 spiro atoms. The molecule has 0 radical (unpaired) electrons. The van der Waals surface area contributed by atoms with Crippen LogP contribution in [0.15, 0.2) is 0 Å². The number of aliphatic hydroxyl groups excluding tert-OH is 1. The minimum absolute atomic E-state index is 0. The summed E-state index contributed by atoms with van der Waals surface area (Å²) in [5.74, 6) is 0. The van der Waals surface area contributed by atoms with Gasteiger partial charge in [-0.3, -0.25) is 0 Å². The highest BCUT2D eigenvalue weighted by Crippen LogP contribution is 2.06. The van der Waals surface area contributed by atoms with Gasteiger partial charge in [0.2, 0.25) is 0 Å². The van der Waals surface area contributed by atoms with Gasteiger partial charge in [-0.1, -0.05) is 14.9 Å². The molecule has 0 aliphatic rings. The van der Waals surface area contributed by atoms with Gasteiger partial charge < -0.3 is 9.84 Å². The van der Waals surface area contributed by atoms with Crippen LogP contribution in [0.4, 0.5) is 0 Å². The minimum atomic E-state index is -0.0603. The molecular weight excluding hydrogens is 140 g/mol. The summed E-state index contributed by atoms with van der Waals surface area (Å²) < 4.78 is 5.31. The van der Waals surface area contributed by atoms with Crippen molar-refractivity contribution in [3.05, 3.63) is 0 Å². The third-order valence-corrected chi connectivity index (χ3v) is 0.838. The highest BCUT2D eigenvalue weighted by atomic mass is 16.5. The molecule has 0 saturated heterocycles. The number of aliphatic hydroxyl groups is 1. The molecule has 0 rings (SSSR count). The van der Waals surface area contributed by atoms with Crippen LogP contribution in [-0.2, 0) is 4.74 Å². The van der Waals surface area contributed by atoms with Gasteiger partial charge in [-0.2, -0.15) is 0 Å². The predicted molar refractivity (Wildman–Crippen MR) is 50.9 cm³/mol. The van der Waals surface area contributed by atoms with Crippen LogP contribution in [0.25, 0.3) is 0 Å². The quantitative estimate of drug-likeness (QED) is 0.649. The monoisotopic (exact) mass is 164 g/mol. The Morgan fingerprint density at radius 1 is 1.18 bits per heavy atom. The van der Waals surface area contributed by atoms with Crippen molar-refractivity contribution >= 4 is 0 Å². The van der Waals surface area contributed by atoms with Crippen molar-refractivity contribution in [3.63, 3.8) is 0 Å². The van der Waals surface area contributed by atoms with Gasteiger partial charge in [-0.25, -0.2) is 0 Å². The lowest BCUT2D eigenvalue weighted by Crippen LogP contribution is -2.20. The van der Waals surface area contributed by atoms with Crippen LogP contribution < -0.4 is 0 Å². The summed E-state index contributed by atoms with van der Waals surface area (Å²) in [6.45, 7) is 6.88. The maximum Gasteiger partial charge on any atom is 0.0598 e. The zero-order chi connectivity index (χ0) is 7.33.